The predicted octanol–water partition coefficient (Wildman–Crippen LogP) is 2.95. The van der Waals surface area contributed by atoms with Crippen molar-refractivity contribution in [1.82, 2.24) is 4.90 Å². The van der Waals surface area contributed by atoms with Crippen molar-refractivity contribution >= 4 is 27.8 Å². The number of likely N-dealkylation sites (tertiary alicyclic amines) is 1. The van der Waals surface area contributed by atoms with Gasteiger partial charge in [-0.1, -0.05) is 48.0 Å². The van der Waals surface area contributed by atoms with E-state index in [-0.39, 0.29) is 11.8 Å². The third kappa shape index (κ3) is 3.12. The van der Waals surface area contributed by atoms with Gasteiger partial charge in [-0.3, -0.25) is 9.59 Å². The number of carboxylic acid groups (broad SMARTS) is 1. The summed E-state index contributed by atoms with van der Waals surface area (Å²) >= 11 is 3.44. The zero-order valence-corrected chi connectivity index (χ0v) is 13.9. The van der Waals surface area contributed by atoms with Crippen molar-refractivity contribution in [3.63, 3.8) is 0 Å². The van der Waals surface area contributed by atoms with Gasteiger partial charge in [-0.25, -0.2) is 0 Å². The second kappa shape index (κ2) is 6.18. The fourth-order valence-corrected chi connectivity index (χ4v) is 3.28. The predicted molar refractivity (Wildman–Crippen MR) is 83.9 cm³/mol. The number of aliphatic carboxylic acids is 1. The Kier molecular flexibility index (Phi) is 4.71. The average Bonchev–Trinajstić information content (AvgIpc) is 2.88. The normalized spacial score (nSPS) is 21.8. The molecule has 1 unspecified atom stereocenters. The van der Waals surface area contributed by atoms with Crippen LogP contribution in [0.2, 0.25) is 0 Å². The molecule has 21 heavy (non-hydrogen) atoms. The molecule has 5 heteroatoms. The van der Waals surface area contributed by atoms with Crippen LogP contribution >= 0.6 is 15.9 Å². The molecule has 1 aliphatic rings. The fourth-order valence-electron chi connectivity index (χ4n) is 2.86. The fraction of sp³-hybridized carbons (Fsp3) is 0.500. The van der Waals surface area contributed by atoms with Crippen molar-refractivity contribution in [3.8, 4) is 0 Å². The maximum Gasteiger partial charge on any atom is 0.311 e. The van der Waals surface area contributed by atoms with Crippen molar-refractivity contribution in [2.24, 2.45) is 11.3 Å². The van der Waals surface area contributed by atoms with E-state index in [4.69, 9.17) is 0 Å². The summed E-state index contributed by atoms with van der Waals surface area (Å²) in [6, 6.07) is 7.61. The van der Waals surface area contributed by atoms with Gasteiger partial charge in [0.2, 0.25) is 5.91 Å². The number of hydrogen-bond acceptors (Lipinski definition) is 2. The number of nitrogens with zero attached hydrogens (tertiary/aromatic N) is 1. The van der Waals surface area contributed by atoms with E-state index in [9.17, 15) is 14.7 Å². The summed E-state index contributed by atoms with van der Waals surface area (Å²) in [5.41, 5.74) is 0.128. The molecule has 0 bridgehead atoms. The van der Waals surface area contributed by atoms with Gasteiger partial charge in [0.25, 0.3) is 0 Å². The van der Waals surface area contributed by atoms with E-state index in [1.54, 1.807) is 4.90 Å². The summed E-state index contributed by atoms with van der Waals surface area (Å²) in [7, 11) is 0. The minimum absolute atomic E-state index is 0.00863. The van der Waals surface area contributed by atoms with Gasteiger partial charge in [0.15, 0.2) is 0 Å². The second-order valence-electron chi connectivity index (χ2n) is 5.95. The number of carbonyl (C=O) groups excluding carboxylic acids is 1. The highest BCUT2D eigenvalue weighted by Crippen LogP contribution is 2.38. The van der Waals surface area contributed by atoms with Crippen LogP contribution in [-0.2, 0) is 16.0 Å². The van der Waals surface area contributed by atoms with E-state index in [0.717, 1.165) is 10.0 Å². The minimum Gasteiger partial charge on any atom is -0.481 e. The molecule has 0 spiro atoms. The van der Waals surface area contributed by atoms with Gasteiger partial charge in [-0.05, 0) is 24.0 Å². The molecular weight excluding hydrogens is 334 g/mol. The standard InChI is InChI=1S/C16H20BrNO3/c1-11(2)16(15(20)21)7-8-18(10-16)14(19)9-12-5-3-4-6-13(12)17/h3-6,11H,7-10H2,1-2H3,(H,20,21). The summed E-state index contributed by atoms with van der Waals surface area (Å²) in [5.74, 6) is -0.796. The average molecular weight is 354 g/mol. The number of halogens is 1. The van der Waals surface area contributed by atoms with Crippen LogP contribution < -0.4 is 0 Å². The minimum atomic E-state index is -0.802. The van der Waals surface area contributed by atoms with Gasteiger partial charge < -0.3 is 10.0 Å². The van der Waals surface area contributed by atoms with Crippen LogP contribution in [0.25, 0.3) is 0 Å². The molecule has 1 aromatic rings. The maximum absolute atomic E-state index is 12.4. The van der Waals surface area contributed by atoms with Crippen molar-refractivity contribution in [3.05, 3.63) is 34.3 Å². The van der Waals surface area contributed by atoms with Gasteiger partial charge in [0, 0.05) is 17.6 Å². The summed E-state index contributed by atoms with van der Waals surface area (Å²) in [6.07, 6.45) is 0.830. The highest BCUT2D eigenvalue weighted by Gasteiger charge is 2.48. The van der Waals surface area contributed by atoms with Crippen LogP contribution in [0.1, 0.15) is 25.8 Å². The van der Waals surface area contributed by atoms with E-state index in [1.165, 1.54) is 0 Å². The Morgan fingerprint density at radius 3 is 2.57 bits per heavy atom. The summed E-state index contributed by atoms with van der Waals surface area (Å²) in [6.45, 7) is 4.66. The third-order valence-electron chi connectivity index (χ3n) is 4.48. The van der Waals surface area contributed by atoms with E-state index in [2.05, 4.69) is 15.9 Å². The number of rotatable bonds is 4. The van der Waals surface area contributed by atoms with Crippen molar-refractivity contribution in [1.29, 1.82) is 0 Å². The lowest BCUT2D eigenvalue weighted by Gasteiger charge is -2.28. The molecule has 1 amide bonds. The Morgan fingerprint density at radius 2 is 2.05 bits per heavy atom. The first-order valence-corrected chi connectivity index (χ1v) is 7.90. The van der Waals surface area contributed by atoms with Gasteiger partial charge in [0.05, 0.1) is 11.8 Å². The van der Waals surface area contributed by atoms with Gasteiger partial charge >= 0.3 is 5.97 Å². The topological polar surface area (TPSA) is 57.6 Å². The highest BCUT2D eigenvalue weighted by molar-refractivity contribution is 9.10. The van der Waals surface area contributed by atoms with Gasteiger partial charge in [-0.2, -0.15) is 0 Å². The largest absolute Gasteiger partial charge is 0.481 e. The van der Waals surface area contributed by atoms with Gasteiger partial charge in [0.1, 0.15) is 0 Å². The Hall–Kier alpha value is -1.36. The van der Waals surface area contributed by atoms with Crippen LogP contribution in [-0.4, -0.2) is 35.0 Å². The molecule has 1 N–H and O–H groups in total. The quantitative estimate of drug-likeness (QED) is 0.905. The molecule has 0 aliphatic carbocycles. The molecule has 1 atom stereocenters. The molecule has 0 aromatic heterocycles. The van der Waals surface area contributed by atoms with Crippen molar-refractivity contribution in [2.45, 2.75) is 26.7 Å². The molecule has 114 valence electrons. The van der Waals surface area contributed by atoms with Crippen LogP contribution in [0, 0.1) is 11.3 Å². The second-order valence-corrected chi connectivity index (χ2v) is 6.80. The molecular formula is C16H20BrNO3. The molecule has 1 aromatic carbocycles. The van der Waals surface area contributed by atoms with Crippen LogP contribution in [0.3, 0.4) is 0 Å². The summed E-state index contributed by atoms with van der Waals surface area (Å²) in [4.78, 5) is 25.7. The Morgan fingerprint density at radius 1 is 1.38 bits per heavy atom. The first-order valence-electron chi connectivity index (χ1n) is 7.11. The van der Waals surface area contributed by atoms with Crippen LogP contribution in [0.4, 0.5) is 0 Å². The number of carboxylic acids is 1. The molecule has 1 heterocycles. The Balaban J connectivity index is 2.09. The Labute approximate surface area is 133 Å². The molecule has 0 saturated carbocycles. The number of amides is 1. The van der Waals surface area contributed by atoms with Gasteiger partial charge in [-0.15, -0.1) is 0 Å². The molecule has 0 radical (unpaired) electrons. The first-order chi connectivity index (χ1) is 9.86. The highest BCUT2D eigenvalue weighted by atomic mass is 79.9. The third-order valence-corrected chi connectivity index (χ3v) is 5.26. The summed E-state index contributed by atoms with van der Waals surface area (Å²) < 4.78 is 0.908. The molecule has 2 rings (SSSR count). The van der Waals surface area contributed by atoms with E-state index >= 15 is 0 Å². The van der Waals surface area contributed by atoms with Crippen LogP contribution in [0.5, 0.6) is 0 Å². The SMILES string of the molecule is CC(C)C1(C(=O)O)CCN(C(=O)Cc2ccccc2Br)C1. The lowest BCUT2D eigenvalue weighted by atomic mass is 9.76. The zero-order chi connectivity index (χ0) is 15.6. The monoisotopic (exact) mass is 353 g/mol. The molecule has 1 fully saturated rings. The lowest BCUT2D eigenvalue weighted by molar-refractivity contribution is -0.151. The summed E-state index contributed by atoms with van der Waals surface area (Å²) in [5, 5.41) is 9.52. The van der Waals surface area contributed by atoms with Crippen molar-refractivity contribution in [2.75, 3.05) is 13.1 Å². The number of benzene rings is 1. The van der Waals surface area contributed by atoms with E-state index < -0.39 is 11.4 Å². The molecule has 1 aliphatic heterocycles. The van der Waals surface area contributed by atoms with E-state index in [0.29, 0.717) is 25.9 Å². The Bertz CT molecular complexity index is 558. The number of carbonyl (C=O) groups is 2. The maximum atomic E-state index is 12.4. The molecule has 4 nitrogen and oxygen atoms in total. The molecule has 1 saturated heterocycles. The van der Waals surface area contributed by atoms with E-state index in [1.807, 2.05) is 38.1 Å². The number of hydrogen-bond donors (Lipinski definition) is 1. The lowest BCUT2D eigenvalue weighted by Crippen LogP contribution is -2.41. The first kappa shape index (κ1) is 16.0. The van der Waals surface area contributed by atoms with Crippen LogP contribution in [0.15, 0.2) is 28.7 Å². The zero-order valence-electron chi connectivity index (χ0n) is 12.3. The van der Waals surface area contributed by atoms with Crippen molar-refractivity contribution < 1.29 is 14.7 Å². The smallest absolute Gasteiger partial charge is 0.311 e.